The summed E-state index contributed by atoms with van der Waals surface area (Å²) in [6, 6.07) is 29.9. The van der Waals surface area contributed by atoms with E-state index in [2.05, 4.69) is 5.32 Å². The molecule has 0 radical (unpaired) electrons. The Hall–Kier alpha value is -3.90. The van der Waals surface area contributed by atoms with Gasteiger partial charge in [0, 0.05) is 18.0 Å². The van der Waals surface area contributed by atoms with Crippen LogP contribution in [0.1, 0.15) is 27.6 Å². The van der Waals surface area contributed by atoms with Crippen LogP contribution in [0.2, 0.25) is 0 Å². The number of amides is 2. The number of benzene rings is 3. The Balaban J connectivity index is 1.62. The third-order valence-electron chi connectivity index (χ3n) is 5.72. The van der Waals surface area contributed by atoms with Crippen LogP contribution in [0, 0.1) is 0 Å². The number of nitrogens with zero attached hydrogens (tertiary/aromatic N) is 1. The van der Waals surface area contributed by atoms with Gasteiger partial charge in [0.2, 0.25) is 11.8 Å². The Labute approximate surface area is 210 Å². The lowest BCUT2D eigenvalue weighted by Crippen LogP contribution is -2.43. The minimum absolute atomic E-state index is 0.0928. The lowest BCUT2D eigenvalue weighted by atomic mass is 10.0. The molecule has 0 spiro atoms. The van der Waals surface area contributed by atoms with Crippen molar-refractivity contribution >= 4 is 23.2 Å². The van der Waals surface area contributed by atoms with E-state index in [9.17, 15) is 9.59 Å². The summed E-state index contributed by atoms with van der Waals surface area (Å²) >= 11 is 1.54. The van der Waals surface area contributed by atoms with Gasteiger partial charge in [-0.15, -0.1) is 11.3 Å². The van der Waals surface area contributed by atoms with E-state index < -0.39 is 6.04 Å². The lowest BCUT2D eigenvalue weighted by molar-refractivity contribution is -0.141. The van der Waals surface area contributed by atoms with Gasteiger partial charge in [0.25, 0.3) is 0 Å². The molecule has 2 amide bonds. The molecule has 3 aromatic carbocycles. The average Bonchev–Trinajstić information content (AvgIpc) is 3.41. The summed E-state index contributed by atoms with van der Waals surface area (Å²) in [6.07, 6.45) is 0.250. The summed E-state index contributed by atoms with van der Waals surface area (Å²) in [5, 5.41) is 5.00. The normalized spacial score (nSPS) is 11.5. The van der Waals surface area contributed by atoms with Crippen molar-refractivity contribution in [3.8, 4) is 5.75 Å². The van der Waals surface area contributed by atoms with Crippen LogP contribution in [0.4, 0.5) is 0 Å². The van der Waals surface area contributed by atoms with E-state index in [1.165, 1.54) is 0 Å². The highest BCUT2D eigenvalue weighted by Crippen LogP contribution is 2.26. The second kappa shape index (κ2) is 12.0. The fourth-order valence-corrected chi connectivity index (χ4v) is 4.60. The highest BCUT2D eigenvalue weighted by Gasteiger charge is 2.31. The van der Waals surface area contributed by atoms with Crippen LogP contribution in [0.3, 0.4) is 0 Å². The molecule has 0 aliphatic carbocycles. The minimum atomic E-state index is -0.762. The first kappa shape index (κ1) is 24.2. The molecule has 178 valence electrons. The van der Waals surface area contributed by atoms with Crippen molar-refractivity contribution in [2.75, 3.05) is 7.11 Å². The van der Waals surface area contributed by atoms with E-state index in [0.29, 0.717) is 13.1 Å². The number of methoxy groups -OCH3 is 1. The highest BCUT2D eigenvalue weighted by atomic mass is 32.1. The molecule has 0 saturated heterocycles. The van der Waals surface area contributed by atoms with Gasteiger partial charge in [-0.1, -0.05) is 78.9 Å². The van der Waals surface area contributed by atoms with Crippen LogP contribution in [-0.4, -0.2) is 23.8 Å². The van der Waals surface area contributed by atoms with Crippen LogP contribution < -0.4 is 10.1 Å². The second-order valence-corrected chi connectivity index (χ2v) is 9.17. The predicted molar refractivity (Wildman–Crippen MR) is 139 cm³/mol. The maximum absolute atomic E-state index is 13.7. The van der Waals surface area contributed by atoms with Crippen molar-refractivity contribution in [2.24, 2.45) is 0 Å². The SMILES string of the molecule is COc1ccc(CNC(=O)C(c2ccccc2)N(Cc2ccccc2)C(=O)Cc2cccs2)cc1. The van der Waals surface area contributed by atoms with Gasteiger partial charge in [-0.25, -0.2) is 0 Å². The maximum Gasteiger partial charge on any atom is 0.247 e. The summed E-state index contributed by atoms with van der Waals surface area (Å²) in [4.78, 5) is 29.9. The summed E-state index contributed by atoms with van der Waals surface area (Å²) in [6.45, 7) is 0.686. The molecule has 6 heteroatoms. The number of carbonyl (C=O) groups is 2. The van der Waals surface area contributed by atoms with Crippen molar-refractivity contribution in [1.29, 1.82) is 0 Å². The highest BCUT2D eigenvalue weighted by molar-refractivity contribution is 7.10. The summed E-state index contributed by atoms with van der Waals surface area (Å²) in [5.41, 5.74) is 2.69. The molecule has 1 atom stereocenters. The fraction of sp³-hybridized carbons (Fsp3) is 0.172. The van der Waals surface area contributed by atoms with Crippen molar-refractivity contribution in [1.82, 2.24) is 10.2 Å². The molecule has 4 rings (SSSR count). The zero-order valence-electron chi connectivity index (χ0n) is 19.6. The zero-order valence-corrected chi connectivity index (χ0v) is 20.4. The number of hydrogen-bond acceptors (Lipinski definition) is 4. The standard InChI is InChI=1S/C29H28N2O3S/c1-34-25-16-14-22(15-17-25)20-30-29(33)28(24-11-6-3-7-12-24)31(21-23-9-4-2-5-10-23)27(32)19-26-13-8-18-35-26/h2-18,28H,19-21H2,1H3,(H,30,33). The molecule has 1 aromatic heterocycles. The fourth-order valence-electron chi connectivity index (χ4n) is 3.90. The van der Waals surface area contributed by atoms with Gasteiger partial charge in [0.15, 0.2) is 0 Å². The average molecular weight is 485 g/mol. The van der Waals surface area contributed by atoms with E-state index in [1.807, 2.05) is 102 Å². The molecule has 5 nitrogen and oxygen atoms in total. The Morgan fingerprint density at radius 2 is 1.54 bits per heavy atom. The Morgan fingerprint density at radius 3 is 2.17 bits per heavy atom. The van der Waals surface area contributed by atoms with Crippen molar-refractivity contribution in [3.63, 3.8) is 0 Å². The van der Waals surface area contributed by atoms with Crippen LogP contribution in [0.5, 0.6) is 5.75 Å². The maximum atomic E-state index is 13.7. The van der Waals surface area contributed by atoms with Crippen LogP contribution in [-0.2, 0) is 29.1 Å². The molecule has 4 aromatic rings. The molecule has 0 aliphatic rings. The van der Waals surface area contributed by atoms with Crippen LogP contribution in [0.25, 0.3) is 0 Å². The third kappa shape index (κ3) is 6.58. The number of ether oxygens (including phenoxy) is 1. The van der Waals surface area contributed by atoms with Gasteiger partial charge >= 0.3 is 0 Å². The Morgan fingerprint density at radius 1 is 0.857 bits per heavy atom. The second-order valence-electron chi connectivity index (χ2n) is 8.14. The van der Waals surface area contributed by atoms with E-state index in [0.717, 1.165) is 27.3 Å². The van der Waals surface area contributed by atoms with Gasteiger partial charge in [0.1, 0.15) is 11.8 Å². The number of nitrogens with one attached hydrogen (secondary N) is 1. The molecule has 1 unspecified atom stereocenters. The molecule has 0 fully saturated rings. The van der Waals surface area contributed by atoms with Crippen LogP contribution >= 0.6 is 11.3 Å². The van der Waals surface area contributed by atoms with E-state index in [1.54, 1.807) is 23.3 Å². The molecular weight excluding hydrogens is 456 g/mol. The zero-order chi connectivity index (χ0) is 24.5. The number of rotatable bonds is 10. The van der Waals surface area contributed by atoms with Crippen LogP contribution in [0.15, 0.2) is 102 Å². The molecule has 1 N–H and O–H groups in total. The molecule has 35 heavy (non-hydrogen) atoms. The monoisotopic (exact) mass is 484 g/mol. The Bertz CT molecular complexity index is 1210. The van der Waals surface area contributed by atoms with Crippen molar-refractivity contribution in [3.05, 3.63) is 124 Å². The topological polar surface area (TPSA) is 58.6 Å². The third-order valence-corrected chi connectivity index (χ3v) is 6.60. The van der Waals surface area contributed by atoms with Gasteiger partial charge in [-0.2, -0.15) is 0 Å². The van der Waals surface area contributed by atoms with Crippen molar-refractivity contribution in [2.45, 2.75) is 25.6 Å². The minimum Gasteiger partial charge on any atom is -0.497 e. The predicted octanol–water partition coefficient (Wildman–Crippen LogP) is 5.39. The summed E-state index contributed by atoms with van der Waals surface area (Å²) < 4.78 is 5.22. The lowest BCUT2D eigenvalue weighted by Gasteiger charge is -2.31. The first-order chi connectivity index (χ1) is 17.1. The number of carbonyl (C=O) groups excluding carboxylic acids is 2. The van der Waals surface area contributed by atoms with E-state index >= 15 is 0 Å². The first-order valence-corrected chi connectivity index (χ1v) is 12.3. The van der Waals surface area contributed by atoms with Gasteiger partial charge in [0.05, 0.1) is 13.5 Å². The molecule has 0 aliphatic heterocycles. The summed E-state index contributed by atoms with van der Waals surface area (Å²) in [7, 11) is 1.62. The van der Waals surface area contributed by atoms with Gasteiger partial charge in [-0.05, 0) is 40.3 Å². The van der Waals surface area contributed by atoms with Gasteiger partial charge < -0.3 is 15.0 Å². The largest absolute Gasteiger partial charge is 0.497 e. The van der Waals surface area contributed by atoms with Gasteiger partial charge in [-0.3, -0.25) is 9.59 Å². The quantitative estimate of drug-likeness (QED) is 0.329. The molecule has 1 heterocycles. The molecule has 0 saturated carbocycles. The number of thiophene rings is 1. The Kier molecular flexibility index (Phi) is 8.30. The van der Waals surface area contributed by atoms with E-state index in [4.69, 9.17) is 4.74 Å². The molecule has 0 bridgehead atoms. The molecular formula is C29H28N2O3S. The summed E-state index contributed by atoms with van der Waals surface area (Å²) in [5.74, 6) is 0.447. The smallest absolute Gasteiger partial charge is 0.247 e. The van der Waals surface area contributed by atoms with Crippen molar-refractivity contribution < 1.29 is 14.3 Å². The number of hydrogen-bond donors (Lipinski definition) is 1. The first-order valence-electron chi connectivity index (χ1n) is 11.5. The van der Waals surface area contributed by atoms with E-state index in [-0.39, 0.29) is 18.2 Å².